The van der Waals surface area contributed by atoms with Crippen LogP contribution in [-0.4, -0.2) is 126 Å². The number of nitrogens with zero attached hydrogens (tertiary/aromatic N) is 3. The molecule has 9 amide bonds. The molecular formula is C60H64F2N9O12P. The van der Waals surface area contributed by atoms with Gasteiger partial charge >= 0.3 is 13.3 Å². The van der Waals surface area contributed by atoms with E-state index in [1.165, 1.54) is 20.8 Å². The largest absolute Gasteiger partial charge is 0.399 e. The Morgan fingerprint density at radius 3 is 2.23 bits per heavy atom. The summed E-state index contributed by atoms with van der Waals surface area (Å²) in [6, 6.07) is 21.6. The molecule has 9 N–H and O–H groups in total. The molecule has 0 spiro atoms. The van der Waals surface area contributed by atoms with E-state index in [2.05, 4.69) is 38.1 Å². The average Bonchev–Trinajstić information content (AvgIpc) is 3.00. The third-order valence-corrected chi connectivity index (χ3v) is 16.8. The maximum atomic E-state index is 15.0. The number of aromatic amines is 1. The number of carbonyl (C=O) groups excluding carboxylic acids is 9. The number of fused-ring (bicyclic) bond motifs is 3. The zero-order valence-corrected chi connectivity index (χ0v) is 46.6. The van der Waals surface area contributed by atoms with Crippen LogP contribution in [0.4, 0.5) is 8.78 Å². The Morgan fingerprint density at radius 1 is 0.821 bits per heavy atom. The van der Waals surface area contributed by atoms with Gasteiger partial charge in [0.25, 0.3) is 11.8 Å². The summed E-state index contributed by atoms with van der Waals surface area (Å²) in [7, 11) is -5.93. The number of halogens is 2. The predicted octanol–water partition coefficient (Wildman–Crippen LogP) is 4.89. The van der Waals surface area contributed by atoms with Gasteiger partial charge in [0.2, 0.25) is 41.4 Å². The van der Waals surface area contributed by atoms with Crippen molar-refractivity contribution in [2.75, 3.05) is 13.1 Å². The number of rotatable bonds is 20. The van der Waals surface area contributed by atoms with Crippen LogP contribution in [0, 0.1) is 11.8 Å². The van der Waals surface area contributed by atoms with Crippen molar-refractivity contribution in [3.63, 3.8) is 0 Å². The van der Waals surface area contributed by atoms with E-state index in [1.54, 1.807) is 12.1 Å². The first-order valence-electron chi connectivity index (χ1n) is 27.9. The Hall–Kier alpha value is -8.58. The number of imide groups is 1. The van der Waals surface area contributed by atoms with Crippen molar-refractivity contribution in [3.05, 3.63) is 142 Å². The van der Waals surface area contributed by atoms with E-state index in [9.17, 15) is 61.5 Å². The molecule has 4 aromatic carbocycles. The highest BCUT2D eigenvalue weighted by Gasteiger charge is 2.51. The lowest BCUT2D eigenvalue weighted by atomic mass is 9.98. The topological polar surface area (TPSA) is 311 Å². The summed E-state index contributed by atoms with van der Waals surface area (Å²) in [5, 5.41) is 10.8. The summed E-state index contributed by atoms with van der Waals surface area (Å²) in [5.74, 6) is 1.26. The number of unbranched alkanes of at least 4 members (excludes halogenated alkanes) is 4. The van der Waals surface area contributed by atoms with E-state index in [4.69, 9.17) is 5.73 Å². The fraction of sp³-hybridized carbons (Fsp3) is 0.383. The Balaban J connectivity index is 0.871. The van der Waals surface area contributed by atoms with Gasteiger partial charge in [-0.1, -0.05) is 97.5 Å². The molecule has 3 fully saturated rings. The molecule has 0 radical (unpaired) electrons. The van der Waals surface area contributed by atoms with Crippen LogP contribution in [-0.2, 0) is 50.3 Å². The highest BCUT2D eigenvalue weighted by Crippen LogP contribution is 2.59. The van der Waals surface area contributed by atoms with Gasteiger partial charge < -0.3 is 51.2 Å². The number of piperidine rings is 1. The molecule has 0 bridgehead atoms. The van der Waals surface area contributed by atoms with Gasteiger partial charge in [-0.3, -0.25) is 53.0 Å². The molecule has 4 aliphatic heterocycles. The van der Waals surface area contributed by atoms with Gasteiger partial charge in [-0.05, 0) is 92.0 Å². The van der Waals surface area contributed by atoms with E-state index in [0.29, 0.717) is 43.2 Å². The third-order valence-electron chi connectivity index (χ3n) is 15.8. The molecule has 84 heavy (non-hydrogen) atoms. The Bertz CT molecular complexity index is 3450. The number of primary amides is 1. The van der Waals surface area contributed by atoms with Crippen molar-refractivity contribution in [1.29, 1.82) is 0 Å². The van der Waals surface area contributed by atoms with Gasteiger partial charge in [-0.25, -0.2) is 0 Å². The second kappa shape index (κ2) is 25.9. The molecule has 4 aliphatic rings. The third kappa shape index (κ3) is 13.6. The molecule has 21 nitrogen and oxygen atoms in total. The fourth-order valence-corrected chi connectivity index (χ4v) is 11.9. The van der Waals surface area contributed by atoms with Crippen LogP contribution in [0.15, 0.2) is 103 Å². The Morgan fingerprint density at radius 2 is 1.54 bits per heavy atom. The number of hydrogen-bond donors (Lipinski definition) is 8. The maximum absolute atomic E-state index is 15.0. The molecule has 9 rings (SSSR count). The number of benzene rings is 4. The lowest BCUT2D eigenvalue weighted by molar-refractivity contribution is -0.145. The number of H-pyrrole nitrogens is 1. The molecule has 5 atom stereocenters. The summed E-state index contributed by atoms with van der Waals surface area (Å²) in [6.07, 6.45) is 3.86. The van der Waals surface area contributed by atoms with E-state index in [0.717, 1.165) is 41.3 Å². The van der Waals surface area contributed by atoms with Crippen molar-refractivity contribution >= 4 is 71.7 Å². The van der Waals surface area contributed by atoms with Gasteiger partial charge in [0.1, 0.15) is 29.9 Å². The van der Waals surface area contributed by atoms with Crippen LogP contribution in [0.25, 0.3) is 10.9 Å². The molecular weight excluding hydrogens is 1110 g/mol. The van der Waals surface area contributed by atoms with Gasteiger partial charge in [-0.2, -0.15) is 8.78 Å². The standard InChI is InChI=1S/C60H64F2N9O12P/c61-60(62,84(81,82)83)40-22-24-44-39(32-40)33-46(64-44)55(76)66-47-35-69(52(74)21-12-4-2-1-3-7-14-36-19-13-20-42-43(36)34-70(58(42)79)48-27-29-51(73)67-56(48)77)31-30-41-23-26-49(71(41)59(47)80)57(78)65-45(25-28-50(63)72)54(75)68-53(37-15-8-5-9-16-37)38-17-10-6-11-18-38/h5-6,8-11,13,15-20,22,24,32-33,41,45,47-49,53,64H,1-4,12,21,23,25-31,34-35H2,(H2,63,72)(H,65,78)(H,66,76)(H,68,75)(H,67,73,77)(H2,81,82,83)/t41-,45+,47+,48?,49+/m1/s1. The molecule has 24 heteroatoms. The number of hydrogen-bond acceptors (Lipinski definition) is 10. The van der Waals surface area contributed by atoms with E-state index in [-0.39, 0.29) is 98.9 Å². The number of carbonyl (C=O) groups is 9. The summed E-state index contributed by atoms with van der Waals surface area (Å²) in [4.78, 5) is 148. The number of aromatic nitrogens is 1. The Kier molecular flexibility index (Phi) is 18.5. The summed E-state index contributed by atoms with van der Waals surface area (Å²) < 4.78 is 41.1. The minimum absolute atomic E-state index is 0.000815. The first kappa shape index (κ1) is 60.0. The quantitative estimate of drug-likeness (QED) is 0.0224. The molecule has 440 valence electrons. The first-order valence-corrected chi connectivity index (χ1v) is 29.5. The average molecular weight is 1170 g/mol. The van der Waals surface area contributed by atoms with Gasteiger partial charge in [0.05, 0.1) is 6.04 Å². The second-order valence-electron chi connectivity index (χ2n) is 21.5. The predicted molar refractivity (Wildman–Crippen MR) is 301 cm³/mol. The van der Waals surface area contributed by atoms with Gasteiger partial charge in [0, 0.05) is 79.0 Å². The van der Waals surface area contributed by atoms with Crippen molar-refractivity contribution in [1.82, 2.24) is 41.0 Å². The molecule has 3 saturated heterocycles. The number of nitrogens with one attached hydrogen (secondary N) is 5. The number of amides is 9. The van der Waals surface area contributed by atoms with Gasteiger partial charge in [0.15, 0.2) is 0 Å². The van der Waals surface area contributed by atoms with Crippen LogP contribution in [0.2, 0.25) is 0 Å². The van der Waals surface area contributed by atoms with E-state index < -0.39 is 90.5 Å². The van der Waals surface area contributed by atoms with Crippen LogP contribution in [0.5, 0.6) is 0 Å². The molecule has 5 aromatic rings. The highest BCUT2D eigenvalue weighted by molar-refractivity contribution is 7.52. The molecule has 5 heterocycles. The lowest BCUT2D eigenvalue weighted by Crippen LogP contribution is -2.62. The molecule has 0 aliphatic carbocycles. The lowest BCUT2D eigenvalue weighted by Gasteiger charge is -2.39. The van der Waals surface area contributed by atoms with Crippen LogP contribution >= 0.6 is 7.60 Å². The zero-order valence-electron chi connectivity index (χ0n) is 45.7. The van der Waals surface area contributed by atoms with Crippen molar-refractivity contribution in [2.45, 2.75) is 132 Å². The highest BCUT2D eigenvalue weighted by atomic mass is 31.2. The molecule has 1 aromatic heterocycles. The first-order chi connectivity index (χ1) is 40.2. The van der Waals surface area contributed by atoms with Gasteiger partial charge in [-0.15, -0.1) is 0 Å². The smallest absolute Gasteiger partial charge is 0.370 e. The minimum atomic E-state index is -5.93. The summed E-state index contributed by atoms with van der Waals surface area (Å²) in [5.41, 5.74) is 3.30. The zero-order chi connectivity index (χ0) is 59.9. The molecule has 0 saturated carbocycles. The Labute approximate surface area is 482 Å². The normalized spacial score (nSPS) is 19.4. The van der Waals surface area contributed by atoms with Crippen LogP contribution in [0.1, 0.15) is 138 Å². The number of alkyl halides is 2. The van der Waals surface area contributed by atoms with Crippen LogP contribution < -0.4 is 27.0 Å². The van der Waals surface area contributed by atoms with Crippen molar-refractivity contribution in [2.24, 2.45) is 5.73 Å². The van der Waals surface area contributed by atoms with Crippen molar-refractivity contribution < 1.29 is 66.3 Å². The number of nitrogens with two attached hydrogens (primary N) is 1. The fourth-order valence-electron chi connectivity index (χ4n) is 11.4. The van der Waals surface area contributed by atoms with Crippen molar-refractivity contribution in [3.8, 4) is 11.8 Å². The molecule has 1 unspecified atom stereocenters. The van der Waals surface area contributed by atoms with E-state index in [1.807, 2.05) is 66.7 Å². The monoisotopic (exact) mass is 1170 g/mol. The summed E-state index contributed by atoms with van der Waals surface area (Å²) in [6.45, 7) is 0.0157. The SMILES string of the molecule is NC(=O)CC[C@H](NC(=O)[C@@H]1CC[C@@H]2CCN(C(=O)CCCCCCC#Cc3cccc4c3CN(C3CCC(=O)NC3=O)C4=O)C[C@H](NC(=O)c3cc4cc(C(F)(F)P(=O)(O)O)ccc4[nH]3)C(=O)N21)C(=O)NC(c1ccccc1)c1ccccc1. The minimum Gasteiger partial charge on any atom is -0.370 e. The maximum Gasteiger partial charge on any atom is 0.399 e. The van der Waals surface area contributed by atoms with Crippen LogP contribution in [0.3, 0.4) is 0 Å². The summed E-state index contributed by atoms with van der Waals surface area (Å²) >= 11 is 0. The second-order valence-corrected chi connectivity index (χ2v) is 23.1. The van der Waals surface area contributed by atoms with E-state index >= 15 is 4.79 Å².